The minimum atomic E-state index is 0.613. The highest BCUT2D eigenvalue weighted by molar-refractivity contribution is 7.71. The lowest BCUT2D eigenvalue weighted by Crippen LogP contribution is -2.09. The minimum Gasteiger partial charge on any atom is -0.335 e. The van der Waals surface area contributed by atoms with Crippen LogP contribution in [-0.4, -0.2) is 16.7 Å². The van der Waals surface area contributed by atoms with Crippen LogP contribution in [0.2, 0.25) is 0 Å². The second kappa shape index (κ2) is 4.21. The van der Waals surface area contributed by atoms with E-state index in [-0.39, 0.29) is 0 Å². The maximum atomic E-state index is 8.71. The number of imidazole rings is 1. The van der Waals surface area contributed by atoms with Gasteiger partial charge in [0, 0.05) is 18.8 Å². The van der Waals surface area contributed by atoms with Gasteiger partial charge in [0.05, 0.1) is 17.3 Å². The molecule has 2 aromatic rings. The van der Waals surface area contributed by atoms with Crippen LogP contribution in [0, 0.1) is 16.1 Å². The zero-order valence-corrected chi connectivity index (χ0v) is 9.51. The number of nitrogens with one attached hydrogen (secondary N) is 2. The summed E-state index contributed by atoms with van der Waals surface area (Å²) in [5, 5.41) is 8.71. The van der Waals surface area contributed by atoms with Gasteiger partial charge in [0.25, 0.3) is 0 Å². The standard InChI is InChI=1S/C11H10N4S/c1-13-15-10(7-14-11(15)16)9-4-2-8(6-12)3-5-9/h2-5,7,13H,1H3,(H,14,16). The van der Waals surface area contributed by atoms with Crippen LogP contribution in [0.1, 0.15) is 5.56 Å². The molecule has 0 spiro atoms. The maximum absolute atomic E-state index is 8.71. The molecular formula is C11H10N4S. The van der Waals surface area contributed by atoms with E-state index in [1.807, 2.05) is 18.3 Å². The van der Waals surface area contributed by atoms with Gasteiger partial charge in [-0.25, -0.2) is 4.68 Å². The number of rotatable bonds is 2. The molecule has 0 aliphatic carbocycles. The van der Waals surface area contributed by atoms with Gasteiger partial charge < -0.3 is 10.4 Å². The van der Waals surface area contributed by atoms with Gasteiger partial charge in [0.15, 0.2) is 4.77 Å². The summed E-state index contributed by atoms with van der Waals surface area (Å²) in [7, 11) is 1.80. The molecule has 0 unspecified atom stereocenters. The van der Waals surface area contributed by atoms with Crippen LogP contribution < -0.4 is 5.43 Å². The van der Waals surface area contributed by atoms with E-state index in [4.69, 9.17) is 17.5 Å². The van der Waals surface area contributed by atoms with E-state index in [0.717, 1.165) is 11.3 Å². The van der Waals surface area contributed by atoms with Crippen molar-refractivity contribution in [3.05, 3.63) is 40.8 Å². The van der Waals surface area contributed by atoms with Crippen molar-refractivity contribution in [3.63, 3.8) is 0 Å². The second-order valence-corrected chi connectivity index (χ2v) is 3.61. The van der Waals surface area contributed by atoms with Crippen molar-refractivity contribution in [1.29, 1.82) is 5.26 Å². The van der Waals surface area contributed by atoms with Crippen molar-refractivity contribution in [1.82, 2.24) is 9.66 Å². The second-order valence-electron chi connectivity index (χ2n) is 3.23. The summed E-state index contributed by atoms with van der Waals surface area (Å²) in [5.41, 5.74) is 5.58. The molecule has 1 aromatic carbocycles. The largest absolute Gasteiger partial charge is 0.335 e. The Bertz CT molecular complexity index is 586. The number of hydrogen-bond acceptors (Lipinski definition) is 3. The molecule has 16 heavy (non-hydrogen) atoms. The van der Waals surface area contributed by atoms with E-state index in [0.29, 0.717) is 10.3 Å². The fraction of sp³-hybridized carbons (Fsp3) is 0.0909. The van der Waals surface area contributed by atoms with E-state index < -0.39 is 0 Å². The fourth-order valence-corrected chi connectivity index (χ4v) is 1.77. The van der Waals surface area contributed by atoms with Gasteiger partial charge in [-0.2, -0.15) is 5.26 Å². The molecular weight excluding hydrogens is 220 g/mol. The summed E-state index contributed by atoms with van der Waals surface area (Å²) < 4.78 is 2.39. The molecule has 0 atom stereocenters. The van der Waals surface area contributed by atoms with Gasteiger partial charge >= 0.3 is 0 Å². The molecule has 0 saturated carbocycles. The number of benzene rings is 1. The third kappa shape index (κ3) is 1.71. The van der Waals surface area contributed by atoms with Gasteiger partial charge in [0.1, 0.15) is 0 Å². The van der Waals surface area contributed by atoms with E-state index in [1.54, 1.807) is 23.9 Å². The number of nitriles is 1. The lowest BCUT2D eigenvalue weighted by atomic mass is 10.1. The van der Waals surface area contributed by atoms with E-state index in [9.17, 15) is 0 Å². The Morgan fingerprint density at radius 3 is 2.62 bits per heavy atom. The summed E-state index contributed by atoms with van der Waals surface area (Å²) in [4.78, 5) is 2.97. The lowest BCUT2D eigenvalue weighted by Gasteiger charge is -2.06. The topological polar surface area (TPSA) is 56.5 Å². The van der Waals surface area contributed by atoms with E-state index in [1.165, 1.54) is 0 Å². The lowest BCUT2D eigenvalue weighted by molar-refractivity contribution is 0.913. The third-order valence-corrected chi connectivity index (χ3v) is 2.61. The minimum absolute atomic E-state index is 0.613. The van der Waals surface area contributed by atoms with Crippen LogP contribution in [0.5, 0.6) is 0 Å². The van der Waals surface area contributed by atoms with Crippen LogP contribution in [0.3, 0.4) is 0 Å². The number of aromatic nitrogens is 2. The highest BCUT2D eigenvalue weighted by Gasteiger charge is 2.04. The zero-order valence-electron chi connectivity index (χ0n) is 8.69. The van der Waals surface area contributed by atoms with Crippen molar-refractivity contribution in [2.45, 2.75) is 0 Å². The smallest absolute Gasteiger partial charge is 0.196 e. The summed E-state index contributed by atoms with van der Waals surface area (Å²) in [5.74, 6) is 0. The monoisotopic (exact) mass is 230 g/mol. The molecule has 2 N–H and O–H groups in total. The molecule has 0 radical (unpaired) electrons. The van der Waals surface area contributed by atoms with Crippen molar-refractivity contribution in [2.24, 2.45) is 0 Å². The molecule has 0 bridgehead atoms. The molecule has 4 nitrogen and oxygen atoms in total. The van der Waals surface area contributed by atoms with Crippen LogP contribution in [0.25, 0.3) is 11.3 Å². The average molecular weight is 230 g/mol. The Morgan fingerprint density at radius 2 is 2.06 bits per heavy atom. The average Bonchev–Trinajstić information content (AvgIpc) is 2.70. The van der Waals surface area contributed by atoms with Crippen molar-refractivity contribution < 1.29 is 0 Å². The van der Waals surface area contributed by atoms with E-state index in [2.05, 4.69) is 16.5 Å². The summed E-state index contributed by atoms with van der Waals surface area (Å²) >= 11 is 5.11. The molecule has 0 amide bonds. The van der Waals surface area contributed by atoms with Gasteiger partial charge in [-0.05, 0) is 24.4 Å². The zero-order chi connectivity index (χ0) is 11.5. The number of H-pyrrole nitrogens is 1. The molecule has 80 valence electrons. The maximum Gasteiger partial charge on any atom is 0.196 e. The fourth-order valence-electron chi connectivity index (χ4n) is 1.52. The first-order valence-corrected chi connectivity index (χ1v) is 5.16. The SMILES string of the molecule is CNn1c(-c2ccc(C#N)cc2)c[nH]c1=S. The quantitative estimate of drug-likeness (QED) is 0.778. The Labute approximate surface area is 98.1 Å². The van der Waals surface area contributed by atoms with Gasteiger partial charge in [-0.1, -0.05) is 12.1 Å². The van der Waals surface area contributed by atoms with Crippen LogP contribution in [0.15, 0.2) is 30.5 Å². The highest BCUT2D eigenvalue weighted by atomic mass is 32.1. The Balaban J connectivity index is 2.51. The normalized spacial score (nSPS) is 9.75. The molecule has 5 heteroatoms. The molecule has 1 aromatic heterocycles. The van der Waals surface area contributed by atoms with Gasteiger partial charge in [-0.15, -0.1) is 0 Å². The first-order chi connectivity index (χ1) is 7.76. The van der Waals surface area contributed by atoms with Crippen molar-refractivity contribution >= 4 is 12.2 Å². The summed E-state index contributed by atoms with van der Waals surface area (Å²) in [6.45, 7) is 0. The third-order valence-electron chi connectivity index (χ3n) is 2.31. The Hall–Kier alpha value is -2.06. The van der Waals surface area contributed by atoms with Crippen LogP contribution in [-0.2, 0) is 0 Å². The van der Waals surface area contributed by atoms with Crippen LogP contribution in [0.4, 0.5) is 0 Å². The Kier molecular flexibility index (Phi) is 2.75. The predicted octanol–water partition coefficient (Wildman–Crippen LogP) is 2.26. The summed E-state index contributed by atoms with van der Waals surface area (Å²) in [6.07, 6.45) is 1.83. The predicted molar refractivity (Wildman–Crippen MR) is 65.1 cm³/mol. The molecule has 2 rings (SSSR count). The molecule has 0 fully saturated rings. The summed E-state index contributed by atoms with van der Waals surface area (Å²) in [6, 6.07) is 9.44. The van der Waals surface area contributed by atoms with E-state index >= 15 is 0 Å². The number of hydrogen-bond donors (Lipinski definition) is 2. The number of nitrogens with zero attached hydrogens (tertiary/aromatic N) is 2. The van der Waals surface area contributed by atoms with Crippen molar-refractivity contribution in [3.8, 4) is 17.3 Å². The van der Waals surface area contributed by atoms with Crippen LogP contribution >= 0.6 is 12.2 Å². The molecule has 0 saturated heterocycles. The van der Waals surface area contributed by atoms with Gasteiger partial charge in [0.2, 0.25) is 0 Å². The molecule has 0 aliphatic heterocycles. The number of aromatic amines is 1. The first-order valence-electron chi connectivity index (χ1n) is 4.75. The highest BCUT2D eigenvalue weighted by Crippen LogP contribution is 2.18. The van der Waals surface area contributed by atoms with Crippen molar-refractivity contribution in [2.75, 3.05) is 12.5 Å². The molecule has 0 aliphatic rings. The van der Waals surface area contributed by atoms with Gasteiger partial charge in [-0.3, -0.25) is 0 Å². The Morgan fingerprint density at radius 1 is 1.38 bits per heavy atom. The molecule has 1 heterocycles. The first kappa shape index (κ1) is 10.5.